The third-order valence-electron chi connectivity index (χ3n) is 7.56. The maximum atomic E-state index is 14.5. The number of halogens is 2. The molecule has 0 aliphatic heterocycles. The van der Waals surface area contributed by atoms with Crippen LogP contribution in [0.15, 0.2) is 108 Å². The average molecular weight is 666 g/mol. The van der Waals surface area contributed by atoms with Crippen LogP contribution in [0.1, 0.15) is 31.4 Å². The van der Waals surface area contributed by atoms with Gasteiger partial charge in [0, 0.05) is 24.0 Å². The molecule has 0 unspecified atom stereocenters. The van der Waals surface area contributed by atoms with E-state index in [-0.39, 0.29) is 40.5 Å². The Morgan fingerprint density at radius 3 is 2.20 bits per heavy atom. The number of carbonyl (C=O) groups excluding carboxylic acids is 2. The summed E-state index contributed by atoms with van der Waals surface area (Å²) in [5, 5.41) is 3.26. The molecule has 0 saturated carbocycles. The monoisotopic (exact) mass is 665 g/mol. The van der Waals surface area contributed by atoms with E-state index < -0.39 is 34.3 Å². The highest BCUT2D eigenvalue weighted by Crippen LogP contribution is 2.28. The summed E-state index contributed by atoms with van der Waals surface area (Å²) < 4.78 is 48.3. The normalized spacial score (nSPS) is 12.5. The van der Waals surface area contributed by atoms with Gasteiger partial charge in [0.2, 0.25) is 11.8 Å². The van der Waals surface area contributed by atoms with Crippen LogP contribution in [0.5, 0.6) is 5.75 Å². The number of ether oxygens (including phenoxy) is 1. The molecule has 4 rings (SSSR count). The molecule has 4 aromatic carbocycles. The molecule has 0 aromatic heterocycles. The Balaban J connectivity index is 1.80. The third kappa shape index (κ3) is 8.86. The first-order valence-electron chi connectivity index (χ1n) is 14.8. The molecule has 46 heavy (non-hydrogen) atoms. The average Bonchev–Trinajstić information content (AvgIpc) is 3.06. The van der Waals surface area contributed by atoms with Crippen LogP contribution in [0.2, 0.25) is 5.02 Å². The molecule has 1 N–H and O–H groups in total. The second kappa shape index (κ2) is 15.7. The van der Waals surface area contributed by atoms with Crippen molar-refractivity contribution in [2.45, 2.75) is 50.2 Å². The molecule has 4 aromatic rings. The Hall–Kier alpha value is -4.41. The maximum absolute atomic E-state index is 14.5. The number of sulfonamides is 1. The van der Waals surface area contributed by atoms with Crippen molar-refractivity contribution < 1.29 is 27.1 Å². The zero-order valence-corrected chi connectivity index (χ0v) is 27.5. The summed E-state index contributed by atoms with van der Waals surface area (Å²) in [4.78, 5) is 29.6. The third-order valence-corrected chi connectivity index (χ3v) is 9.58. The Morgan fingerprint density at radius 2 is 1.59 bits per heavy atom. The molecule has 0 radical (unpaired) electrons. The van der Waals surface area contributed by atoms with Crippen LogP contribution in [0.25, 0.3) is 0 Å². The number of rotatable bonds is 14. The molecule has 0 aliphatic carbocycles. The van der Waals surface area contributed by atoms with Gasteiger partial charge in [0.1, 0.15) is 24.2 Å². The van der Waals surface area contributed by atoms with Crippen molar-refractivity contribution in [3.63, 3.8) is 0 Å². The summed E-state index contributed by atoms with van der Waals surface area (Å²) in [6, 6.07) is 25.7. The van der Waals surface area contributed by atoms with Gasteiger partial charge in [-0.3, -0.25) is 13.9 Å². The van der Waals surface area contributed by atoms with E-state index in [2.05, 4.69) is 5.32 Å². The number of methoxy groups -OCH3 is 1. The Morgan fingerprint density at radius 1 is 0.913 bits per heavy atom. The van der Waals surface area contributed by atoms with E-state index in [4.69, 9.17) is 16.3 Å². The summed E-state index contributed by atoms with van der Waals surface area (Å²) in [6.07, 6.45) is 0.830. The first-order valence-corrected chi connectivity index (χ1v) is 16.6. The van der Waals surface area contributed by atoms with Crippen LogP contribution < -0.4 is 14.4 Å². The lowest BCUT2D eigenvalue weighted by molar-refractivity contribution is -0.140. The number of nitrogens with one attached hydrogen (secondary N) is 1. The van der Waals surface area contributed by atoms with E-state index in [1.807, 2.05) is 44.2 Å². The van der Waals surface area contributed by atoms with Gasteiger partial charge in [0.25, 0.3) is 10.0 Å². The van der Waals surface area contributed by atoms with Gasteiger partial charge in [-0.25, -0.2) is 12.8 Å². The molecular formula is C35H37ClFN3O5S. The van der Waals surface area contributed by atoms with Crippen LogP contribution in [0, 0.1) is 5.82 Å². The smallest absolute Gasteiger partial charge is 0.264 e. The van der Waals surface area contributed by atoms with Crippen LogP contribution >= 0.6 is 11.6 Å². The molecule has 2 atom stereocenters. The SMILES string of the molecule is CC[C@H](C)NC(=O)[C@@H](Cc1ccccc1)N(Cc1ccc(F)cc1)C(=O)CN(c1cccc(Cl)c1)S(=O)(=O)c1ccc(OC)cc1. The second-order valence-electron chi connectivity index (χ2n) is 10.8. The van der Waals surface area contributed by atoms with Gasteiger partial charge in [-0.05, 0) is 79.1 Å². The lowest BCUT2D eigenvalue weighted by Crippen LogP contribution is -2.54. The molecule has 11 heteroatoms. The lowest BCUT2D eigenvalue weighted by Gasteiger charge is -2.34. The molecule has 2 amide bonds. The second-order valence-corrected chi connectivity index (χ2v) is 13.1. The molecule has 0 heterocycles. The lowest BCUT2D eigenvalue weighted by atomic mass is 10.0. The number of amides is 2. The van der Waals surface area contributed by atoms with E-state index >= 15 is 0 Å². The van der Waals surface area contributed by atoms with Crippen LogP contribution in [0.3, 0.4) is 0 Å². The van der Waals surface area contributed by atoms with E-state index in [1.54, 1.807) is 18.2 Å². The minimum Gasteiger partial charge on any atom is -0.497 e. The maximum Gasteiger partial charge on any atom is 0.264 e. The fourth-order valence-corrected chi connectivity index (χ4v) is 6.41. The minimum atomic E-state index is -4.31. The van der Waals surface area contributed by atoms with Crippen molar-refractivity contribution in [1.29, 1.82) is 0 Å². The predicted octanol–water partition coefficient (Wildman–Crippen LogP) is 6.24. The predicted molar refractivity (Wildman–Crippen MR) is 178 cm³/mol. The first kappa shape index (κ1) is 34.5. The van der Waals surface area contributed by atoms with Crippen molar-refractivity contribution in [2.24, 2.45) is 0 Å². The fourth-order valence-electron chi connectivity index (χ4n) is 4.82. The van der Waals surface area contributed by atoms with Crippen LogP contribution in [0.4, 0.5) is 10.1 Å². The van der Waals surface area contributed by atoms with Crippen molar-refractivity contribution in [1.82, 2.24) is 10.2 Å². The molecule has 0 aliphatic rings. The van der Waals surface area contributed by atoms with Gasteiger partial charge >= 0.3 is 0 Å². The Kier molecular flexibility index (Phi) is 11.8. The van der Waals surface area contributed by atoms with Gasteiger partial charge in [0.15, 0.2) is 0 Å². The fraction of sp³-hybridized carbons (Fsp3) is 0.257. The largest absolute Gasteiger partial charge is 0.497 e. The van der Waals surface area contributed by atoms with E-state index in [9.17, 15) is 22.4 Å². The number of carbonyl (C=O) groups is 2. The Bertz CT molecular complexity index is 1720. The summed E-state index contributed by atoms with van der Waals surface area (Å²) in [5.41, 5.74) is 1.54. The highest BCUT2D eigenvalue weighted by molar-refractivity contribution is 7.92. The van der Waals surface area contributed by atoms with E-state index in [1.165, 1.54) is 66.6 Å². The zero-order valence-electron chi connectivity index (χ0n) is 25.9. The summed E-state index contributed by atoms with van der Waals surface area (Å²) >= 11 is 6.27. The van der Waals surface area contributed by atoms with Crippen molar-refractivity contribution >= 4 is 39.1 Å². The molecule has 242 valence electrons. The van der Waals surface area contributed by atoms with Crippen LogP contribution in [-0.4, -0.2) is 50.9 Å². The number of anilines is 1. The summed E-state index contributed by atoms with van der Waals surface area (Å²) in [7, 11) is -2.84. The molecule has 8 nitrogen and oxygen atoms in total. The molecule has 0 fully saturated rings. The highest BCUT2D eigenvalue weighted by Gasteiger charge is 2.35. The van der Waals surface area contributed by atoms with Crippen molar-refractivity contribution in [2.75, 3.05) is 18.0 Å². The number of hydrogen-bond acceptors (Lipinski definition) is 5. The van der Waals surface area contributed by atoms with E-state index in [0.717, 1.165) is 9.87 Å². The van der Waals surface area contributed by atoms with Gasteiger partial charge in [0.05, 0.1) is 17.7 Å². The number of nitrogens with zero attached hydrogens (tertiary/aromatic N) is 2. The molecule has 0 bridgehead atoms. The minimum absolute atomic E-state index is 0.0680. The van der Waals surface area contributed by atoms with Crippen LogP contribution in [-0.2, 0) is 32.6 Å². The highest BCUT2D eigenvalue weighted by atomic mass is 35.5. The number of hydrogen-bond donors (Lipinski definition) is 1. The van der Waals surface area contributed by atoms with Gasteiger partial charge in [-0.15, -0.1) is 0 Å². The Labute approximate surface area is 274 Å². The van der Waals surface area contributed by atoms with Crippen molar-refractivity contribution in [3.8, 4) is 5.75 Å². The van der Waals surface area contributed by atoms with Gasteiger partial charge in [-0.1, -0.05) is 67.1 Å². The van der Waals surface area contributed by atoms with Gasteiger partial charge in [-0.2, -0.15) is 0 Å². The topological polar surface area (TPSA) is 96.0 Å². The molecule has 0 spiro atoms. The van der Waals surface area contributed by atoms with Gasteiger partial charge < -0.3 is 15.0 Å². The van der Waals surface area contributed by atoms with Crippen molar-refractivity contribution in [3.05, 3.63) is 125 Å². The summed E-state index contributed by atoms with van der Waals surface area (Å²) in [6.45, 7) is 3.09. The summed E-state index contributed by atoms with van der Waals surface area (Å²) in [5.74, 6) is -1.01. The number of benzene rings is 4. The standard InChI is InChI=1S/C35H37ClFN3O5S/c1-4-25(2)38-35(42)33(21-26-9-6-5-7-10-26)39(23-27-13-15-29(37)16-14-27)34(41)24-40(30-12-8-11-28(36)22-30)46(43,44)32-19-17-31(45-3)18-20-32/h5-20,22,25,33H,4,21,23-24H2,1-3H3,(H,38,42)/t25-,33+/m0/s1. The molecular weight excluding hydrogens is 629 g/mol. The molecule has 0 saturated heterocycles. The quantitative estimate of drug-likeness (QED) is 0.172. The van der Waals surface area contributed by atoms with E-state index in [0.29, 0.717) is 17.7 Å². The first-order chi connectivity index (χ1) is 22.0. The zero-order chi connectivity index (χ0) is 33.3.